The first-order chi connectivity index (χ1) is 10.2. The number of Topliss-reactive ketones (excluding diaryl/α,β-unsaturated/α-hetero) is 1. The van der Waals surface area contributed by atoms with Crippen molar-refractivity contribution in [3.63, 3.8) is 0 Å². The first-order valence-electron chi connectivity index (χ1n) is 7.24. The summed E-state index contributed by atoms with van der Waals surface area (Å²) < 4.78 is 0. The maximum Gasteiger partial charge on any atom is 0.184 e. The van der Waals surface area contributed by atoms with Crippen LogP contribution in [0, 0.1) is 0 Å². The maximum atomic E-state index is 12.7. The summed E-state index contributed by atoms with van der Waals surface area (Å²) in [7, 11) is 0. The summed E-state index contributed by atoms with van der Waals surface area (Å²) in [5.41, 5.74) is 1.63. The molecule has 0 bridgehead atoms. The summed E-state index contributed by atoms with van der Waals surface area (Å²) in [4.78, 5) is 12.7. The highest BCUT2D eigenvalue weighted by Gasteiger charge is 2.21. The Bertz CT molecular complexity index is 552. The molecule has 110 valence electrons. The molecule has 0 spiro atoms. The minimum atomic E-state index is -0.382. The van der Waals surface area contributed by atoms with E-state index in [4.69, 9.17) is 0 Å². The summed E-state index contributed by atoms with van der Waals surface area (Å²) in [5.74, 6) is 0.0485. The van der Waals surface area contributed by atoms with Gasteiger partial charge in [0.05, 0.1) is 12.1 Å². The van der Waals surface area contributed by atoms with Crippen LogP contribution in [0.2, 0.25) is 0 Å². The molecule has 2 N–H and O–H groups in total. The van der Waals surface area contributed by atoms with Gasteiger partial charge >= 0.3 is 0 Å². The average Bonchev–Trinajstić information content (AvgIpc) is 2.52. The van der Waals surface area contributed by atoms with Crippen LogP contribution in [0.4, 0.5) is 0 Å². The highest BCUT2D eigenvalue weighted by molar-refractivity contribution is 6.00. The zero-order chi connectivity index (χ0) is 15.1. The number of carbonyl (C=O) groups is 1. The number of aliphatic hydroxyl groups is 1. The predicted molar refractivity (Wildman–Crippen MR) is 84.3 cm³/mol. The van der Waals surface area contributed by atoms with Crippen LogP contribution >= 0.6 is 0 Å². The van der Waals surface area contributed by atoms with E-state index in [0.29, 0.717) is 18.5 Å². The third-order valence-corrected chi connectivity index (χ3v) is 3.36. The number of hydrogen-bond donors (Lipinski definition) is 2. The molecule has 2 atom stereocenters. The van der Waals surface area contributed by atoms with Gasteiger partial charge in [0.15, 0.2) is 5.78 Å². The molecule has 2 rings (SSSR count). The van der Waals surface area contributed by atoms with Gasteiger partial charge in [-0.15, -0.1) is 0 Å². The Labute approximate surface area is 125 Å². The van der Waals surface area contributed by atoms with E-state index in [1.807, 2.05) is 60.7 Å². The van der Waals surface area contributed by atoms with Crippen LogP contribution in [0.1, 0.15) is 35.3 Å². The van der Waals surface area contributed by atoms with E-state index in [2.05, 4.69) is 5.32 Å². The smallest absolute Gasteiger partial charge is 0.184 e. The Morgan fingerprint density at radius 2 is 1.62 bits per heavy atom. The maximum absolute atomic E-state index is 12.7. The molecule has 2 aromatic carbocycles. The Kier molecular flexibility index (Phi) is 5.67. The van der Waals surface area contributed by atoms with Crippen molar-refractivity contribution < 1.29 is 9.90 Å². The van der Waals surface area contributed by atoms with Gasteiger partial charge < -0.3 is 10.4 Å². The van der Waals surface area contributed by atoms with Crippen molar-refractivity contribution in [2.75, 3.05) is 6.54 Å². The molecule has 0 aromatic heterocycles. The second kappa shape index (κ2) is 7.72. The summed E-state index contributed by atoms with van der Waals surface area (Å²) in [6.07, 6.45) is 0.242. The highest BCUT2D eigenvalue weighted by atomic mass is 16.3. The van der Waals surface area contributed by atoms with Crippen LogP contribution in [-0.2, 0) is 0 Å². The number of rotatable bonds is 7. The van der Waals surface area contributed by atoms with Crippen LogP contribution in [0.25, 0.3) is 0 Å². The normalized spacial score (nSPS) is 13.6. The molecule has 0 saturated carbocycles. The summed E-state index contributed by atoms with van der Waals surface area (Å²) in [6, 6.07) is 18.6. The quantitative estimate of drug-likeness (QED) is 0.768. The number of aliphatic hydroxyl groups excluding tert-OH is 1. The third kappa shape index (κ3) is 4.52. The predicted octanol–water partition coefficient (Wildman–Crippen LogP) is 2.97. The van der Waals surface area contributed by atoms with E-state index < -0.39 is 0 Å². The largest absolute Gasteiger partial charge is 0.393 e. The van der Waals surface area contributed by atoms with E-state index in [1.165, 1.54) is 0 Å². The lowest BCUT2D eigenvalue weighted by atomic mass is 9.97. The van der Waals surface area contributed by atoms with Crippen LogP contribution in [-0.4, -0.2) is 23.5 Å². The number of ketones is 1. The van der Waals surface area contributed by atoms with E-state index >= 15 is 0 Å². The highest BCUT2D eigenvalue weighted by Crippen LogP contribution is 2.18. The van der Waals surface area contributed by atoms with E-state index in [1.54, 1.807) is 6.92 Å². The Morgan fingerprint density at radius 3 is 2.19 bits per heavy atom. The van der Waals surface area contributed by atoms with E-state index in [-0.39, 0.29) is 17.9 Å². The molecule has 0 aliphatic carbocycles. The van der Waals surface area contributed by atoms with Crippen molar-refractivity contribution in [3.8, 4) is 0 Å². The molecule has 21 heavy (non-hydrogen) atoms. The van der Waals surface area contributed by atoms with Crippen molar-refractivity contribution in [1.29, 1.82) is 0 Å². The van der Waals surface area contributed by atoms with Crippen molar-refractivity contribution in [2.45, 2.75) is 25.5 Å². The van der Waals surface area contributed by atoms with Gasteiger partial charge in [-0.25, -0.2) is 0 Å². The van der Waals surface area contributed by atoms with Crippen molar-refractivity contribution in [2.24, 2.45) is 0 Å². The van der Waals surface area contributed by atoms with Crippen molar-refractivity contribution >= 4 is 5.78 Å². The van der Waals surface area contributed by atoms with Gasteiger partial charge in [0.25, 0.3) is 0 Å². The molecule has 0 aliphatic rings. The molecule has 0 saturated heterocycles. The molecule has 0 radical (unpaired) electrons. The number of benzene rings is 2. The minimum Gasteiger partial charge on any atom is -0.393 e. The topological polar surface area (TPSA) is 49.3 Å². The summed E-state index contributed by atoms with van der Waals surface area (Å²) in [5, 5.41) is 12.6. The number of hydrogen-bond acceptors (Lipinski definition) is 3. The lowest BCUT2D eigenvalue weighted by molar-refractivity contribution is 0.0938. The molecule has 3 heteroatoms. The standard InChI is InChI=1S/C18H21NO2/c1-14(20)12-13-19-17(15-8-4-2-5-9-15)18(21)16-10-6-3-7-11-16/h2-11,14,17,19-20H,12-13H2,1H3. The first-order valence-corrected chi connectivity index (χ1v) is 7.24. The molecule has 2 aromatic rings. The van der Waals surface area contributed by atoms with Crippen molar-refractivity contribution in [1.82, 2.24) is 5.32 Å². The van der Waals surface area contributed by atoms with Gasteiger partial charge in [-0.2, -0.15) is 0 Å². The molecule has 2 unspecified atom stereocenters. The lowest BCUT2D eigenvalue weighted by Crippen LogP contribution is -2.30. The SMILES string of the molecule is CC(O)CCNC(C(=O)c1ccccc1)c1ccccc1. The Morgan fingerprint density at radius 1 is 1.05 bits per heavy atom. The minimum absolute atomic E-state index is 0.0485. The molecular weight excluding hydrogens is 262 g/mol. The van der Waals surface area contributed by atoms with Crippen molar-refractivity contribution in [3.05, 3.63) is 71.8 Å². The van der Waals surface area contributed by atoms with Gasteiger partial charge in [0, 0.05) is 5.56 Å². The monoisotopic (exact) mass is 283 g/mol. The summed E-state index contributed by atoms with van der Waals surface area (Å²) >= 11 is 0. The Hall–Kier alpha value is -1.97. The van der Waals surface area contributed by atoms with Gasteiger partial charge in [-0.05, 0) is 25.5 Å². The molecular formula is C18H21NO2. The molecule has 0 aliphatic heterocycles. The number of nitrogens with one attached hydrogen (secondary N) is 1. The van der Waals surface area contributed by atoms with Crippen LogP contribution < -0.4 is 5.32 Å². The fourth-order valence-electron chi connectivity index (χ4n) is 2.21. The zero-order valence-corrected chi connectivity index (χ0v) is 12.2. The third-order valence-electron chi connectivity index (χ3n) is 3.36. The molecule has 0 heterocycles. The van der Waals surface area contributed by atoms with E-state index in [0.717, 1.165) is 5.56 Å². The van der Waals surface area contributed by atoms with Gasteiger partial charge in [0.1, 0.15) is 0 Å². The average molecular weight is 283 g/mol. The van der Waals surface area contributed by atoms with Crippen LogP contribution in [0.5, 0.6) is 0 Å². The molecule has 3 nitrogen and oxygen atoms in total. The number of carbonyl (C=O) groups excluding carboxylic acids is 1. The van der Waals surface area contributed by atoms with E-state index in [9.17, 15) is 9.90 Å². The van der Waals surface area contributed by atoms with Gasteiger partial charge in [0.2, 0.25) is 0 Å². The summed E-state index contributed by atoms with van der Waals surface area (Å²) in [6.45, 7) is 2.34. The molecule has 0 fully saturated rings. The van der Waals surface area contributed by atoms with Gasteiger partial charge in [-0.1, -0.05) is 60.7 Å². The zero-order valence-electron chi connectivity index (χ0n) is 12.2. The van der Waals surface area contributed by atoms with Gasteiger partial charge in [-0.3, -0.25) is 4.79 Å². The van der Waals surface area contributed by atoms with Crippen LogP contribution in [0.3, 0.4) is 0 Å². The fourth-order valence-corrected chi connectivity index (χ4v) is 2.21. The second-order valence-electron chi connectivity index (χ2n) is 5.17. The second-order valence-corrected chi connectivity index (χ2v) is 5.17. The fraction of sp³-hybridized carbons (Fsp3) is 0.278. The molecule has 0 amide bonds. The lowest BCUT2D eigenvalue weighted by Gasteiger charge is -2.19. The first kappa shape index (κ1) is 15.4. The Balaban J connectivity index is 2.17. The van der Waals surface area contributed by atoms with Crippen LogP contribution in [0.15, 0.2) is 60.7 Å².